The molecule has 0 N–H and O–H groups in total. The highest BCUT2D eigenvalue weighted by molar-refractivity contribution is 6.32. The Labute approximate surface area is 110 Å². The van der Waals surface area contributed by atoms with Gasteiger partial charge in [-0.3, -0.25) is 0 Å². The molecular weight excluding hydrogens is 259 g/mol. The molecule has 0 aliphatic heterocycles. The third-order valence-electron chi connectivity index (χ3n) is 2.17. The standard InChI is InChI=1S/C13H10Cl2O2/c1-16-13-8-11(6-7-12(13)15)17-10-4-2-9(14)3-5-10/h2-8H,1H3. The first-order chi connectivity index (χ1) is 8.19. The summed E-state index contributed by atoms with van der Waals surface area (Å²) in [6, 6.07) is 12.4. The zero-order valence-corrected chi connectivity index (χ0v) is 10.6. The molecule has 0 radical (unpaired) electrons. The molecule has 0 spiro atoms. The first-order valence-electron chi connectivity index (χ1n) is 4.96. The summed E-state index contributed by atoms with van der Waals surface area (Å²) < 4.78 is 10.7. The Bertz CT molecular complexity index is 509. The molecule has 0 aromatic heterocycles. The van der Waals surface area contributed by atoms with Crippen molar-refractivity contribution < 1.29 is 9.47 Å². The normalized spacial score (nSPS) is 10.1. The Morgan fingerprint density at radius 1 is 0.882 bits per heavy atom. The van der Waals surface area contributed by atoms with Crippen molar-refractivity contribution in [3.8, 4) is 17.2 Å². The number of ether oxygens (including phenoxy) is 2. The highest BCUT2D eigenvalue weighted by Crippen LogP contribution is 2.31. The summed E-state index contributed by atoms with van der Waals surface area (Å²) in [6.45, 7) is 0. The molecule has 0 fully saturated rings. The first kappa shape index (κ1) is 12.1. The van der Waals surface area contributed by atoms with Gasteiger partial charge in [0.15, 0.2) is 0 Å². The lowest BCUT2D eigenvalue weighted by Crippen LogP contribution is -1.87. The maximum atomic E-state index is 5.92. The van der Waals surface area contributed by atoms with Crippen molar-refractivity contribution in [3.05, 3.63) is 52.5 Å². The van der Waals surface area contributed by atoms with Crippen LogP contribution in [0.5, 0.6) is 17.2 Å². The lowest BCUT2D eigenvalue weighted by atomic mass is 10.3. The smallest absolute Gasteiger partial charge is 0.141 e. The van der Waals surface area contributed by atoms with E-state index in [9.17, 15) is 0 Å². The fraction of sp³-hybridized carbons (Fsp3) is 0.0769. The van der Waals surface area contributed by atoms with Gasteiger partial charge in [0.2, 0.25) is 0 Å². The lowest BCUT2D eigenvalue weighted by molar-refractivity contribution is 0.409. The number of hydrogen-bond donors (Lipinski definition) is 0. The minimum atomic E-state index is 0.552. The predicted molar refractivity (Wildman–Crippen MR) is 69.5 cm³/mol. The second-order valence-electron chi connectivity index (χ2n) is 3.35. The number of rotatable bonds is 3. The van der Waals surface area contributed by atoms with Crippen molar-refractivity contribution in [2.24, 2.45) is 0 Å². The number of benzene rings is 2. The molecule has 0 atom stereocenters. The van der Waals surface area contributed by atoms with Gasteiger partial charge in [0.05, 0.1) is 12.1 Å². The van der Waals surface area contributed by atoms with Crippen LogP contribution < -0.4 is 9.47 Å². The van der Waals surface area contributed by atoms with Crippen LogP contribution in [0.15, 0.2) is 42.5 Å². The van der Waals surface area contributed by atoms with Gasteiger partial charge < -0.3 is 9.47 Å². The van der Waals surface area contributed by atoms with Crippen LogP contribution in [0.2, 0.25) is 10.0 Å². The van der Waals surface area contributed by atoms with Crippen molar-refractivity contribution in [3.63, 3.8) is 0 Å². The summed E-state index contributed by atoms with van der Waals surface area (Å²) in [5.74, 6) is 1.95. The summed E-state index contributed by atoms with van der Waals surface area (Å²) in [5.41, 5.74) is 0. The Morgan fingerprint density at radius 2 is 1.53 bits per heavy atom. The van der Waals surface area contributed by atoms with Crippen LogP contribution in [-0.2, 0) is 0 Å². The van der Waals surface area contributed by atoms with Crippen molar-refractivity contribution in [2.45, 2.75) is 0 Å². The molecule has 0 saturated carbocycles. The third kappa shape index (κ3) is 3.05. The Morgan fingerprint density at radius 3 is 2.18 bits per heavy atom. The van der Waals surface area contributed by atoms with Crippen LogP contribution in [0.3, 0.4) is 0 Å². The molecule has 0 bridgehead atoms. The molecule has 2 nitrogen and oxygen atoms in total. The van der Waals surface area contributed by atoms with Gasteiger partial charge >= 0.3 is 0 Å². The zero-order chi connectivity index (χ0) is 12.3. The lowest BCUT2D eigenvalue weighted by Gasteiger charge is -2.08. The topological polar surface area (TPSA) is 18.5 Å². The van der Waals surface area contributed by atoms with Gasteiger partial charge in [-0.05, 0) is 36.4 Å². The minimum Gasteiger partial charge on any atom is -0.495 e. The maximum Gasteiger partial charge on any atom is 0.141 e. The second kappa shape index (κ2) is 5.30. The van der Waals surface area contributed by atoms with Crippen molar-refractivity contribution in [1.29, 1.82) is 0 Å². The molecule has 0 amide bonds. The molecular formula is C13H10Cl2O2. The van der Waals surface area contributed by atoms with Gasteiger partial charge in [0.25, 0.3) is 0 Å². The van der Waals surface area contributed by atoms with Crippen LogP contribution in [0.4, 0.5) is 0 Å². The van der Waals surface area contributed by atoms with Crippen molar-refractivity contribution in [1.82, 2.24) is 0 Å². The van der Waals surface area contributed by atoms with Gasteiger partial charge in [-0.25, -0.2) is 0 Å². The molecule has 2 rings (SSSR count). The molecule has 0 unspecified atom stereocenters. The number of hydrogen-bond acceptors (Lipinski definition) is 2. The average molecular weight is 269 g/mol. The fourth-order valence-corrected chi connectivity index (χ4v) is 1.66. The molecule has 0 saturated heterocycles. The van der Waals surface area contributed by atoms with Gasteiger partial charge in [-0.15, -0.1) is 0 Å². The third-order valence-corrected chi connectivity index (χ3v) is 2.74. The summed E-state index contributed by atoms with van der Waals surface area (Å²) in [7, 11) is 1.56. The van der Waals surface area contributed by atoms with Gasteiger partial charge in [-0.2, -0.15) is 0 Å². The minimum absolute atomic E-state index is 0.552. The molecule has 2 aromatic carbocycles. The maximum absolute atomic E-state index is 5.92. The van der Waals surface area contributed by atoms with Gasteiger partial charge in [0.1, 0.15) is 17.2 Å². The van der Waals surface area contributed by atoms with Gasteiger partial charge in [-0.1, -0.05) is 23.2 Å². The Kier molecular flexibility index (Phi) is 3.77. The SMILES string of the molecule is COc1cc(Oc2ccc(Cl)cc2)ccc1Cl. The number of halogens is 2. The van der Waals surface area contributed by atoms with Gasteiger partial charge in [0, 0.05) is 11.1 Å². The Balaban J connectivity index is 2.21. The molecule has 0 heterocycles. The van der Waals surface area contributed by atoms with E-state index in [2.05, 4.69) is 0 Å². The van der Waals surface area contributed by atoms with Crippen LogP contribution in [0, 0.1) is 0 Å². The van der Waals surface area contributed by atoms with E-state index < -0.39 is 0 Å². The molecule has 4 heteroatoms. The largest absolute Gasteiger partial charge is 0.495 e. The fourth-order valence-electron chi connectivity index (χ4n) is 1.34. The van der Waals surface area contributed by atoms with Crippen molar-refractivity contribution in [2.75, 3.05) is 7.11 Å². The van der Waals surface area contributed by atoms with Crippen LogP contribution >= 0.6 is 23.2 Å². The van der Waals surface area contributed by atoms with E-state index >= 15 is 0 Å². The first-order valence-corrected chi connectivity index (χ1v) is 5.71. The molecule has 88 valence electrons. The molecule has 2 aromatic rings. The van der Waals surface area contributed by atoms with Crippen LogP contribution in [-0.4, -0.2) is 7.11 Å². The highest BCUT2D eigenvalue weighted by Gasteiger charge is 2.03. The van der Waals surface area contributed by atoms with E-state index in [1.54, 1.807) is 49.6 Å². The van der Waals surface area contributed by atoms with Crippen molar-refractivity contribution >= 4 is 23.2 Å². The predicted octanol–water partition coefficient (Wildman–Crippen LogP) is 4.79. The Hall–Kier alpha value is -1.38. The average Bonchev–Trinajstić information content (AvgIpc) is 2.34. The van der Waals surface area contributed by atoms with Crippen LogP contribution in [0.25, 0.3) is 0 Å². The summed E-state index contributed by atoms with van der Waals surface area (Å²) in [6.07, 6.45) is 0. The van der Waals surface area contributed by atoms with E-state index in [1.165, 1.54) is 0 Å². The number of methoxy groups -OCH3 is 1. The van der Waals surface area contributed by atoms with E-state index in [-0.39, 0.29) is 0 Å². The van der Waals surface area contributed by atoms with Crippen LogP contribution in [0.1, 0.15) is 0 Å². The highest BCUT2D eigenvalue weighted by atomic mass is 35.5. The van der Waals surface area contributed by atoms with E-state index in [0.29, 0.717) is 27.3 Å². The molecule has 0 aliphatic rings. The summed E-state index contributed by atoms with van der Waals surface area (Å²) in [4.78, 5) is 0. The quantitative estimate of drug-likeness (QED) is 0.797. The zero-order valence-electron chi connectivity index (χ0n) is 9.11. The summed E-state index contributed by atoms with van der Waals surface area (Å²) >= 11 is 11.7. The molecule has 17 heavy (non-hydrogen) atoms. The second-order valence-corrected chi connectivity index (χ2v) is 4.20. The van der Waals surface area contributed by atoms with E-state index in [0.717, 1.165) is 0 Å². The summed E-state index contributed by atoms with van der Waals surface area (Å²) in [5, 5.41) is 1.22. The van der Waals surface area contributed by atoms with E-state index in [1.807, 2.05) is 0 Å². The van der Waals surface area contributed by atoms with E-state index in [4.69, 9.17) is 32.7 Å². The molecule has 0 aliphatic carbocycles. The monoisotopic (exact) mass is 268 g/mol.